The van der Waals surface area contributed by atoms with Crippen LogP contribution in [-0.4, -0.2) is 28.1 Å². The van der Waals surface area contributed by atoms with Crippen molar-refractivity contribution in [1.29, 1.82) is 0 Å². The molecule has 0 unspecified atom stereocenters. The SMILES string of the molecule is CCOC(=O)CC/C(C)=N\Nc1ccc([N+](=O)[O-])cc1[N+](=O)[O-]. The number of anilines is 1. The van der Waals surface area contributed by atoms with E-state index in [-0.39, 0.29) is 23.8 Å². The first kappa shape index (κ1) is 18.0. The highest BCUT2D eigenvalue weighted by molar-refractivity contribution is 5.86. The predicted octanol–water partition coefficient (Wildman–Crippen LogP) is 2.63. The third-order valence-corrected chi connectivity index (χ3v) is 2.75. The maximum absolute atomic E-state index is 11.2. The number of non-ortho nitro benzene ring substituents is 1. The lowest BCUT2D eigenvalue weighted by Crippen LogP contribution is -2.07. The molecule has 0 atom stereocenters. The Hall–Kier alpha value is -3.04. The van der Waals surface area contributed by atoms with E-state index in [0.29, 0.717) is 18.7 Å². The highest BCUT2D eigenvalue weighted by Crippen LogP contribution is 2.28. The standard InChI is InChI=1S/C13H16N4O6/c1-3-23-13(18)7-4-9(2)14-15-11-6-5-10(16(19)20)8-12(11)17(21)22/h5-6,8,15H,3-4,7H2,1-2H3/b14-9-. The zero-order chi connectivity index (χ0) is 17.4. The summed E-state index contributed by atoms with van der Waals surface area (Å²) in [5.74, 6) is -0.358. The summed E-state index contributed by atoms with van der Waals surface area (Å²) < 4.78 is 4.77. The second-order valence-electron chi connectivity index (χ2n) is 4.48. The van der Waals surface area contributed by atoms with Gasteiger partial charge in [0, 0.05) is 11.8 Å². The molecule has 0 aliphatic carbocycles. The maximum atomic E-state index is 11.2. The molecule has 1 aromatic carbocycles. The number of hydrazone groups is 1. The molecule has 10 heteroatoms. The minimum absolute atomic E-state index is 0.0242. The van der Waals surface area contributed by atoms with Crippen molar-refractivity contribution >= 4 is 28.7 Å². The van der Waals surface area contributed by atoms with Crippen LogP contribution in [0.15, 0.2) is 23.3 Å². The number of ether oxygens (including phenoxy) is 1. The Kier molecular flexibility index (Phi) is 6.59. The molecular weight excluding hydrogens is 308 g/mol. The summed E-state index contributed by atoms with van der Waals surface area (Å²) in [6.45, 7) is 3.64. The average molecular weight is 324 g/mol. The lowest BCUT2D eigenvalue weighted by Gasteiger charge is -2.04. The van der Waals surface area contributed by atoms with Crippen LogP contribution in [0.3, 0.4) is 0 Å². The molecule has 0 radical (unpaired) electrons. The van der Waals surface area contributed by atoms with Gasteiger partial charge in [0.25, 0.3) is 5.69 Å². The van der Waals surface area contributed by atoms with Crippen molar-refractivity contribution in [2.24, 2.45) is 5.10 Å². The van der Waals surface area contributed by atoms with Gasteiger partial charge >= 0.3 is 11.7 Å². The van der Waals surface area contributed by atoms with Gasteiger partial charge in [0.2, 0.25) is 0 Å². The fourth-order valence-electron chi connectivity index (χ4n) is 1.61. The monoisotopic (exact) mass is 324 g/mol. The zero-order valence-electron chi connectivity index (χ0n) is 12.6. The molecule has 0 aliphatic rings. The third kappa shape index (κ3) is 5.69. The number of benzene rings is 1. The normalized spacial score (nSPS) is 11.0. The Morgan fingerprint density at radius 2 is 1.96 bits per heavy atom. The molecule has 0 amide bonds. The first-order valence-corrected chi connectivity index (χ1v) is 6.72. The maximum Gasteiger partial charge on any atom is 0.306 e. The number of esters is 1. The summed E-state index contributed by atoms with van der Waals surface area (Å²) in [6.07, 6.45) is 0.472. The number of nitro benzene ring substituents is 2. The molecule has 0 aromatic heterocycles. The van der Waals surface area contributed by atoms with Crippen LogP contribution in [0.5, 0.6) is 0 Å². The minimum Gasteiger partial charge on any atom is -0.466 e. The van der Waals surface area contributed by atoms with E-state index in [2.05, 4.69) is 10.5 Å². The van der Waals surface area contributed by atoms with Crippen LogP contribution < -0.4 is 5.43 Å². The Morgan fingerprint density at radius 1 is 1.26 bits per heavy atom. The molecule has 0 aliphatic heterocycles. The van der Waals surface area contributed by atoms with Crippen molar-refractivity contribution in [3.05, 3.63) is 38.4 Å². The molecule has 10 nitrogen and oxygen atoms in total. The van der Waals surface area contributed by atoms with Gasteiger partial charge in [0.15, 0.2) is 0 Å². The Bertz CT molecular complexity index is 643. The van der Waals surface area contributed by atoms with Gasteiger partial charge in [-0.25, -0.2) is 0 Å². The summed E-state index contributed by atoms with van der Waals surface area (Å²) in [6, 6.07) is 3.20. The molecule has 0 spiro atoms. The van der Waals surface area contributed by atoms with E-state index in [1.807, 2.05) is 0 Å². The van der Waals surface area contributed by atoms with Crippen molar-refractivity contribution in [1.82, 2.24) is 0 Å². The molecule has 0 saturated heterocycles. The van der Waals surface area contributed by atoms with Crippen molar-refractivity contribution in [2.75, 3.05) is 12.0 Å². The lowest BCUT2D eigenvalue weighted by atomic mass is 10.2. The lowest BCUT2D eigenvalue weighted by molar-refractivity contribution is -0.393. The molecule has 1 N–H and O–H groups in total. The molecule has 0 bridgehead atoms. The number of carbonyl (C=O) groups is 1. The smallest absolute Gasteiger partial charge is 0.306 e. The molecule has 1 rings (SSSR count). The molecule has 0 fully saturated rings. The van der Waals surface area contributed by atoms with Crippen LogP contribution in [0.2, 0.25) is 0 Å². The number of nitrogens with zero attached hydrogens (tertiary/aromatic N) is 3. The van der Waals surface area contributed by atoms with Crippen molar-refractivity contribution in [3.8, 4) is 0 Å². The van der Waals surface area contributed by atoms with Crippen molar-refractivity contribution < 1.29 is 19.4 Å². The van der Waals surface area contributed by atoms with Gasteiger partial charge in [-0.3, -0.25) is 30.4 Å². The summed E-state index contributed by atoms with van der Waals surface area (Å²) in [5, 5.41) is 25.5. The second-order valence-corrected chi connectivity index (χ2v) is 4.48. The Morgan fingerprint density at radius 3 is 2.52 bits per heavy atom. The molecule has 0 saturated carbocycles. The minimum atomic E-state index is -0.737. The summed E-state index contributed by atoms with van der Waals surface area (Å²) in [5.41, 5.74) is 2.20. The first-order valence-electron chi connectivity index (χ1n) is 6.72. The number of rotatable bonds is 8. The van der Waals surface area contributed by atoms with E-state index in [0.717, 1.165) is 12.1 Å². The fourth-order valence-corrected chi connectivity index (χ4v) is 1.61. The van der Waals surface area contributed by atoms with E-state index in [4.69, 9.17) is 4.74 Å². The Labute approximate surface area is 131 Å². The van der Waals surface area contributed by atoms with E-state index >= 15 is 0 Å². The van der Waals surface area contributed by atoms with E-state index in [1.54, 1.807) is 13.8 Å². The van der Waals surface area contributed by atoms with Gasteiger partial charge in [0.1, 0.15) is 5.69 Å². The highest BCUT2D eigenvalue weighted by atomic mass is 16.6. The summed E-state index contributed by atoms with van der Waals surface area (Å²) in [4.78, 5) is 31.4. The molecule has 1 aromatic rings. The number of hydrogen-bond acceptors (Lipinski definition) is 8. The summed E-state index contributed by atoms with van der Waals surface area (Å²) in [7, 11) is 0. The van der Waals surface area contributed by atoms with Gasteiger partial charge in [-0.2, -0.15) is 5.10 Å². The highest BCUT2D eigenvalue weighted by Gasteiger charge is 2.19. The topological polar surface area (TPSA) is 137 Å². The van der Waals surface area contributed by atoms with Crippen LogP contribution in [-0.2, 0) is 9.53 Å². The molecule has 23 heavy (non-hydrogen) atoms. The quantitative estimate of drug-likeness (QED) is 0.336. The van der Waals surface area contributed by atoms with Crippen molar-refractivity contribution in [2.45, 2.75) is 26.7 Å². The Balaban J connectivity index is 2.80. The third-order valence-electron chi connectivity index (χ3n) is 2.75. The average Bonchev–Trinajstić information content (AvgIpc) is 2.50. The summed E-state index contributed by atoms with van der Waals surface area (Å²) >= 11 is 0. The number of nitrogens with one attached hydrogen (secondary N) is 1. The van der Waals surface area contributed by atoms with E-state index < -0.39 is 15.5 Å². The zero-order valence-corrected chi connectivity index (χ0v) is 12.6. The molecular formula is C13H16N4O6. The van der Waals surface area contributed by atoms with Gasteiger partial charge in [-0.05, 0) is 26.3 Å². The predicted molar refractivity (Wildman–Crippen MR) is 82.3 cm³/mol. The van der Waals surface area contributed by atoms with E-state index in [1.165, 1.54) is 6.07 Å². The van der Waals surface area contributed by atoms with Crippen LogP contribution >= 0.6 is 0 Å². The first-order chi connectivity index (χ1) is 10.8. The van der Waals surface area contributed by atoms with Crippen LogP contribution in [0.1, 0.15) is 26.7 Å². The fraction of sp³-hybridized carbons (Fsp3) is 0.385. The molecule has 0 heterocycles. The van der Waals surface area contributed by atoms with Crippen LogP contribution in [0, 0.1) is 20.2 Å². The van der Waals surface area contributed by atoms with Gasteiger partial charge in [-0.1, -0.05) is 0 Å². The largest absolute Gasteiger partial charge is 0.466 e. The van der Waals surface area contributed by atoms with Gasteiger partial charge < -0.3 is 4.74 Å². The van der Waals surface area contributed by atoms with Crippen LogP contribution in [0.25, 0.3) is 0 Å². The van der Waals surface area contributed by atoms with Gasteiger partial charge in [0.05, 0.1) is 28.9 Å². The number of carbonyl (C=O) groups excluding carboxylic acids is 1. The number of nitro groups is 2. The number of hydrogen-bond donors (Lipinski definition) is 1. The van der Waals surface area contributed by atoms with Crippen LogP contribution in [0.4, 0.5) is 17.1 Å². The molecule has 124 valence electrons. The van der Waals surface area contributed by atoms with Crippen molar-refractivity contribution in [3.63, 3.8) is 0 Å². The second kappa shape index (κ2) is 8.41. The van der Waals surface area contributed by atoms with Gasteiger partial charge in [-0.15, -0.1) is 0 Å². The van der Waals surface area contributed by atoms with E-state index in [9.17, 15) is 25.0 Å².